The van der Waals surface area contributed by atoms with Crippen LogP contribution in [-0.2, 0) is 12.6 Å². The van der Waals surface area contributed by atoms with Crippen LogP contribution in [0.2, 0.25) is 0 Å². The maximum Gasteiger partial charge on any atom is 0.416 e. The SMILES string of the molecule is CCc1ccc(C2Nc3cccc(C(=O)O)c3N2)c(C(F)(F)F)c1. The largest absolute Gasteiger partial charge is 0.478 e. The number of aryl methyl sites for hydroxylation is 1. The molecule has 0 fully saturated rings. The van der Waals surface area contributed by atoms with Crippen LogP contribution in [0.4, 0.5) is 24.5 Å². The van der Waals surface area contributed by atoms with Gasteiger partial charge in [0, 0.05) is 5.56 Å². The molecule has 1 unspecified atom stereocenters. The molecule has 1 aliphatic rings. The van der Waals surface area contributed by atoms with Crippen LogP contribution in [0.5, 0.6) is 0 Å². The Morgan fingerprint density at radius 1 is 1.21 bits per heavy atom. The second kappa shape index (κ2) is 5.74. The molecule has 0 saturated heterocycles. The number of carboxylic acid groups (broad SMARTS) is 1. The first-order chi connectivity index (χ1) is 11.3. The minimum absolute atomic E-state index is 0.0150. The normalized spacial score (nSPS) is 16.2. The lowest BCUT2D eigenvalue weighted by molar-refractivity contribution is -0.138. The average molecular weight is 336 g/mol. The van der Waals surface area contributed by atoms with E-state index in [0.29, 0.717) is 23.4 Å². The van der Waals surface area contributed by atoms with E-state index in [4.69, 9.17) is 0 Å². The molecule has 1 aliphatic heterocycles. The van der Waals surface area contributed by atoms with E-state index in [0.717, 1.165) is 6.07 Å². The molecular formula is C17H15F3N2O2. The minimum atomic E-state index is -4.49. The molecule has 1 heterocycles. The van der Waals surface area contributed by atoms with Crippen molar-refractivity contribution < 1.29 is 23.1 Å². The van der Waals surface area contributed by atoms with Gasteiger partial charge in [0.05, 0.1) is 22.5 Å². The first-order valence-corrected chi connectivity index (χ1v) is 7.40. The molecule has 0 radical (unpaired) electrons. The number of hydrogen-bond acceptors (Lipinski definition) is 3. The summed E-state index contributed by atoms with van der Waals surface area (Å²) in [6.45, 7) is 1.79. The number of benzene rings is 2. The van der Waals surface area contributed by atoms with Crippen molar-refractivity contribution in [2.24, 2.45) is 0 Å². The molecule has 0 aromatic heterocycles. The monoisotopic (exact) mass is 336 g/mol. The molecule has 24 heavy (non-hydrogen) atoms. The summed E-state index contributed by atoms with van der Waals surface area (Å²) >= 11 is 0. The number of aromatic carboxylic acids is 1. The van der Waals surface area contributed by atoms with Gasteiger partial charge in [0.25, 0.3) is 0 Å². The number of nitrogens with one attached hydrogen (secondary N) is 2. The summed E-state index contributed by atoms with van der Waals surface area (Å²) in [5.41, 5.74) is 0.674. The van der Waals surface area contributed by atoms with Gasteiger partial charge in [-0.1, -0.05) is 25.1 Å². The highest BCUT2D eigenvalue weighted by Crippen LogP contribution is 2.42. The topological polar surface area (TPSA) is 61.4 Å². The zero-order valence-corrected chi connectivity index (χ0v) is 12.7. The molecule has 0 spiro atoms. The lowest BCUT2D eigenvalue weighted by Gasteiger charge is -2.20. The van der Waals surface area contributed by atoms with Crippen LogP contribution in [0.1, 0.15) is 40.1 Å². The smallest absolute Gasteiger partial charge is 0.416 e. The van der Waals surface area contributed by atoms with Crippen molar-refractivity contribution in [3.05, 3.63) is 58.7 Å². The average Bonchev–Trinajstić information content (AvgIpc) is 2.97. The van der Waals surface area contributed by atoms with Crippen LogP contribution in [0.25, 0.3) is 0 Å². The van der Waals surface area contributed by atoms with Crippen LogP contribution in [-0.4, -0.2) is 11.1 Å². The third kappa shape index (κ3) is 2.77. The number of carbonyl (C=O) groups is 1. The zero-order valence-electron chi connectivity index (χ0n) is 12.7. The van der Waals surface area contributed by atoms with Crippen LogP contribution in [0.15, 0.2) is 36.4 Å². The number of carboxylic acids is 1. The van der Waals surface area contributed by atoms with Crippen molar-refractivity contribution in [1.82, 2.24) is 0 Å². The predicted octanol–water partition coefficient (Wildman–Crippen LogP) is 4.50. The van der Waals surface area contributed by atoms with Crippen LogP contribution < -0.4 is 10.6 Å². The molecule has 2 aromatic rings. The van der Waals surface area contributed by atoms with E-state index >= 15 is 0 Å². The summed E-state index contributed by atoms with van der Waals surface area (Å²) in [4.78, 5) is 11.3. The highest BCUT2D eigenvalue weighted by atomic mass is 19.4. The first kappa shape index (κ1) is 16.2. The van der Waals surface area contributed by atoms with Crippen molar-refractivity contribution in [2.45, 2.75) is 25.7 Å². The van der Waals surface area contributed by atoms with E-state index in [-0.39, 0.29) is 11.1 Å². The highest BCUT2D eigenvalue weighted by Gasteiger charge is 2.37. The van der Waals surface area contributed by atoms with E-state index < -0.39 is 23.9 Å². The molecule has 3 rings (SSSR count). The first-order valence-electron chi connectivity index (χ1n) is 7.40. The van der Waals surface area contributed by atoms with E-state index in [2.05, 4.69) is 10.6 Å². The number of para-hydroxylation sites is 1. The fourth-order valence-corrected chi connectivity index (χ4v) is 2.82. The van der Waals surface area contributed by atoms with Crippen molar-refractivity contribution >= 4 is 17.3 Å². The summed E-state index contributed by atoms with van der Waals surface area (Å²) in [5, 5.41) is 15.0. The van der Waals surface area contributed by atoms with Gasteiger partial charge in [-0.15, -0.1) is 0 Å². The van der Waals surface area contributed by atoms with Gasteiger partial charge in [-0.2, -0.15) is 13.2 Å². The Labute approximate surface area is 136 Å². The van der Waals surface area contributed by atoms with Gasteiger partial charge >= 0.3 is 12.1 Å². The third-order valence-electron chi connectivity index (χ3n) is 4.03. The van der Waals surface area contributed by atoms with Gasteiger partial charge in [-0.3, -0.25) is 0 Å². The second-order valence-electron chi connectivity index (χ2n) is 5.53. The molecule has 0 amide bonds. The zero-order chi connectivity index (χ0) is 17.5. The quantitative estimate of drug-likeness (QED) is 0.772. The highest BCUT2D eigenvalue weighted by molar-refractivity contribution is 5.99. The van der Waals surface area contributed by atoms with Crippen molar-refractivity contribution in [3.8, 4) is 0 Å². The molecule has 126 valence electrons. The van der Waals surface area contributed by atoms with Gasteiger partial charge in [-0.25, -0.2) is 4.79 Å². The maximum atomic E-state index is 13.4. The Kier molecular flexibility index (Phi) is 3.87. The minimum Gasteiger partial charge on any atom is -0.478 e. The maximum absolute atomic E-state index is 13.4. The van der Waals surface area contributed by atoms with Crippen molar-refractivity contribution in [3.63, 3.8) is 0 Å². The molecule has 0 aliphatic carbocycles. The second-order valence-corrected chi connectivity index (χ2v) is 5.53. The van der Waals surface area contributed by atoms with Gasteiger partial charge in [-0.05, 0) is 30.2 Å². The molecule has 7 heteroatoms. The molecule has 0 saturated carbocycles. The molecule has 1 atom stereocenters. The summed E-state index contributed by atoms with van der Waals surface area (Å²) in [7, 11) is 0. The number of anilines is 2. The summed E-state index contributed by atoms with van der Waals surface area (Å²) in [6.07, 6.45) is -4.84. The number of halogens is 3. The number of alkyl halides is 3. The Balaban J connectivity index is 2.03. The van der Waals surface area contributed by atoms with Crippen molar-refractivity contribution in [1.29, 1.82) is 0 Å². The van der Waals surface area contributed by atoms with Crippen LogP contribution in [0, 0.1) is 0 Å². The number of rotatable bonds is 3. The molecule has 0 bridgehead atoms. The Morgan fingerprint density at radius 3 is 2.58 bits per heavy atom. The van der Waals surface area contributed by atoms with Gasteiger partial charge in [0.15, 0.2) is 0 Å². The van der Waals surface area contributed by atoms with Gasteiger partial charge in [0.2, 0.25) is 0 Å². The lowest BCUT2D eigenvalue weighted by atomic mass is 10.00. The van der Waals surface area contributed by atoms with E-state index in [1.165, 1.54) is 12.1 Å². The van der Waals surface area contributed by atoms with E-state index in [1.54, 1.807) is 25.1 Å². The summed E-state index contributed by atoms with van der Waals surface area (Å²) in [6, 6.07) is 8.79. The molecule has 4 nitrogen and oxygen atoms in total. The predicted molar refractivity (Wildman–Crippen MR) is 84.2 cm³/mol. The molecular weight excluding hydrogens is 321 g/mol. The van der Waals surface area contributed by atoms with Gasteiger partial charge in [0.1, 0.15) is 6.17 Å². The molecule has 2 aromatic carbocycles. The van der Waals surface area contributed by atoms with E-state index in [1.807, 2.05) is 0 Å². The number of hydrogen-bond donors (Lipinski definition) is 3. The lowest BCUT2D eigenvalue weighted by Crippen LogP contribution is -2.19. The standard InChI is InChI=1S/C17H15F3N2O2/c1-2-9-6-7-10(12(8-9)17(18,19)20)15-21-13-5-3-4-11(16(23)24)14(13)22-15/h3-8,15,21-22H,2H2,1H3,(H,23,24). The Morgan fingerprint density at radius 2 is 1.96 bits per heavy atom. The van der Waals surface area contributed by atoms with Crippen LogP contribution >= 0.6 is 0 Å². The fraction of sp³-hybridized carbons (Fsp3) is 0.235. The fourth-order valence-electron chi connectivity index (χ4n) is 2.82. The Hall–Kier alpha value is -2.70. The van der Waals surface area contributed by atoms with Crippen molar-refractivity contribution in [2.75, 3.05) is 10.6 Å². The third-order valence-corrected chi connectivity index (χ3v) is 4.03. The Bertz CT molecular complexity index is 803. The van der Waals surface area contributed by atoms with Crippen LogP contribution in [0.3, 0.4) is 0 Å². The summed E-state index contributed by atoms with van der Waals surface area (Å²) < 4.78 is 40.2. The summed E-state index contributed by atoms with van der Waals surface area (Å²) in [5.74, 6) is -1.14. The van der Waals surface area contributed by atoms with Gasteiger partial charge < -0.3 is 15.7 Å². The van der Waals surface area contributed by atoms with E-state index in [9.17, 15) is 23.1 Å². The molecule has 3 N–H and O–H groups in total. The number of fused-ring (bicyclic) bond motifs is 1.